The lowest BCUT2D eigenvalue weighted by Gasteiger charge is -2.14. The van der Waals surface area contributed by atoms with E-state index < -0.39 is 5.82 Å². The minimum Gasteiger partial charge on any atom is -0.493 e. The van der Waals surface area contributed by atoms with E-state index in [9.17, 15) is 9.18 Å². The molecule has 0 unspecified atom stereocenters. The molecule has 0 aliphatic rings. The summed E-state index contributed by atoms with van der Waals surface area (Å²) >= 11 is 0. The second kappa shape index (κ2) is 10.4. The molecule has 0 radical (unpaired) electrons. The van der Waals surface area contributed by atoms with Crippen LogP contribution in [0.25, 0.3) is 22.0 Å². The summed E-state index contributed by atoms with van der Waals surface area (Å²) in [5.41, 5.74) is 2.01. The number of nitrogens with one attached hydrogen (secondary N) is 1. The van der Waals surface area contributed by atoms with Crippen molar-refractivity contribution >= 4 is 22.5 Å². The molecule has 0 amide bonds. The Morgan fingerprint density at radius 3 is 2.36 bits per heavy atom. The highest BCUT2D eigenvalue weighted by molar-refractivity contribution is 5.88. The Balaban J connectivity index is 1.44. The van der Waals surface area contributed by atoms with E-state index in [0.717, 1.165) is 0 Å². The Kier molecular flexibility index (Phi) is 6.84. The average Bonchev–Trinajstić information content (AvgIpc) is 2.93. The topological polar surface area (TPSA) is 87.5 Å². The van der Waals surface area contributed by atoms with Crippen molar-refractivity contribution in [2.45, 2.75) is 6.92 Å². The summed E-state index contributed by atoms with van der Waals surface area (Å²) < 4.78 is 46.5. The van der Waals surface area contributed by atoms with Gasteiger partial charge in [0.2, 0.25) is 5.95 Å². The molecule has 0 aliphatic carbocycles. The Labute approximate surface area is 222 Å². The van der Waals surface area contributed by atoms with E-state index in [2.05, 4.69) is 15.3 Å². The number of nitrogens with zero attached hydrogens (tertiary/aromatic N) is 3. The number of halogens is 2. The standard InChI is InChI=1S/C29H24F2N4O4/c1-16-11-18(30)6-7-22(16)34-29-33-15-20(28(36)35(29)2)17-5-8-25(21(31)12-17)39-24-9-10-32-23-14-27(38-4)26(37-3)13-19(23)24/h5-15H,1-4H3,(H,33,34). The van der Waals surface area contributed by atoms with E-state index in [-0.39, 0.29) is 28.6 Å². The van der Waals surface area contributed by atoms with Crippen LogP contribution >= 0.6 is 0 Å². The van der Waals surface area contributed by atoms with Gasteiger partial charge in [-0.2, -0.15) is 0 Å². The number of hydrogen-bond acceptors (Lipinski definition) is 7. The van der Waals surface area contributed by atoms with E-state index in [4.69, 9.17) is 14.2 Å². The van der Waals surface area contributed by atoms with E-state index in [1.807, 2.05) is 0 Å². The first kappa shape index (κ1) is 25.7. The fourth-order valence-electron chi connectivity index (χ4n) is 4.15. The van der Waals surface area contributed by atoms with Crippen LogP contribution in [0.5, 0.6) is 23.0 Å². The van der Waals surface area contributed by atoms with Crippen molar-refractivity contribution in [1.29, 1.82) is 0 Å². The molecule has 5 rings (SSSR count). The average molecular weight is 531 g/mol. The number of benzene rings is 3. The molecule has 0 aliphatic heterocycles. The van der Waals surface area contributed by atoms with Crippen LogP contribution in [0.2, 0.25) is 0 Å². The minimum atomic E-state index is -0.663. The maximum absolute atomic E-state index is 15.2. The van der Waals surface area contributed by atoms with Crippen molar-refractivity contribution in [3.05, 3.63) is 94.5 Å². The third kappa shape index (κ3) is 4.96. The van der Waals surface area contributed by atoms with Crippen molar-refractivity contribution in [3.63, 3.8) is 0 Å². The van der Waals surface area contributed by atoms with Crippen LogP contribution in [0.4, 0.5) is 20.4 Å². The first-order valence-electron chi connectivity index (χ1n) is 11.9. The van der Waals surface area contributed by atoms with Crippen molar-refractivity contribution in [1.82, 2.24) is 14.5 Å². The molecule has 0 bridgehead atoms. The maximum Gasteiger partial charge on any atom is 0.262 e. The first-order valence-corrected chi connectivity index (χ1v) is 11.9. The van der Waals surface area contributed by atoms with Gasteiger partial charge in [0.05, 0.1) is 25.3 Å². The number of hydrogen-bond donors (Lipinski definition) is 1. The molecule has 0 atom stereocenters. The number of aryl methyl sites for hydroxylation is 1. The SMILES string of the molecule is COc1cc2nccc(Oc3ccc(-c4cnc(Nc5ccc(F)cc5C)n(C)c4=O)cc3F)c2cc1OC. The zero-order chi connectivity index (χ0) is 27.7. The van der Waals surface area contributed by atoms with Gasteiger partial charge in [0, 0.05) is 36.6 Å². The smallest absolute Gasteiger partial charge is 0.262 e. The van der Waals surface area contributed by atoms with Crippen LogP contribution in [0.1, 0.15) is 5.56 Å². The summed E-state index contributed by atoms with van der Waals surface area (Å²) in [5.74, 6) is 0.568. The summed E-state index contributed by atoms with van der Waals surface area (Å²) in [5, 5.41) is 3.64. The fourth-order valence-corrected chi connectivity index (χ4v) is 4.15. The fraction of sp³-hybridized carbons (Fsp3) is 0.138. The largest absolute Gasteiger partial charge is 0.493 e. The number of anilines is 2. The quantitative estimate of drug-likeness (QED) is 0.271. The molecule has 0 saturated carbocycles. The Morgan fingerprint density at radius 2 is 1.64 bits per heavy atom. The molecule has 0 saturated heterocycles. The molecule has 0 fully saturated rings. The van der Waals surface area contributed by atoms with Crippen LogP contribution in [-0.4, -0.2) is 28.8 Å². The second-order valence-corrected chi connectivity index (χ2v) is 8.72. The lowest BCUT2D eigenvalue weighted by atomic mass is 10.1. The zero-order valence-electron chi connectivity index (χ0n) is 21.6. The Hall–Kier alpha value is -4.99. The number of methoxy groups -OCH3 is 2. The molecular weight excluding hydrogens is 506 g/mol. The van der Waals surface area contributed by atoms with Gasteiger partial charge >= 0.3 is 0 Å². The summed E-state index contributed by atoms with van der Waals surface area (Å²) in [4.78, 5) is 21.8. The number of ether oxygens (including phenoxy) is 3. The van der Waals surface area contributed by atoms with Gasteiger partial charge in [0.15, 0.2) is 23.1 Å². The van der Waals surface area contributed by atoms with Gasteiger partial charge in [-0.25, -0.2) is 13.8 Å². The van der Waals surface area contributed by atoms with E-state index in [0.29, 0.717) is 45.0 Å². The zero-order valence-corrected chi connectivity index (χ0v) is 21.6. The highest BCUT2D eigenvalue weighted by Crippen LogP contribution is 2.37. The second-order valence-electron chi connectivity index (χ2n) is 8.72. The molecule has 8 nitrogen and oxygen atoms in total. The number of fused-ring (bicyclic) bond motifs is 1. The van der Waals surface area contributed by atoms with E-state index in [1.165, 1.54) is 49.2 Å². The molecule has 5 aromatic rings. The molecule has 2 aromatic heterocycles. The highest BCUT2D eigenvalue weighted by atomic mass is 19.1. The molecule has 0 spiro atoms. The molecule has 1 N–H and O–H groups in total. The molecular formula is C29H24F2N4O4. The number of rotatable bonds is 7. The first-order chi connectivity index (χ1) is 18.8. The van der Waals surface area contributed by atoms with Crippen molar-refractivity contribution < 1.29 is 23.0 Å². The third-order valence-corrected chi connectivity index (χ3v) is 6.27. The normalized spacial score (nSPS) is 10.9. The number of pyridine rings is 1. The highest BCUT2D eigenvalue weighted by Gasteiger charge is 2.16. The van der Waals surface area contributed by atoms with Gasteiger partial charge < -0.3 is 19.5 Å². The monoisotopic (exact) mass is 530 g/mol. The summed E-state index contributed by atoms with van der Waals surface area (Å²) in [7, 11) is 4.59. The Bertz CT molecular complexity index is 1770. The van der Waals surface area contributed by atoms with Gasteiger partial charge in [-0.05, 0) is 60.5 Å². The van der Waals surface area contributed by atoms with Crippen molar-refractivity contribution in [3.8, 4) is 34.1 Å². The van der Waals surface area contributed by atoms with Gasteiger partial charge in [-0.1, -0.05) is 6.07 Å². The lowest BCUT2D eigenvalue weighted by Crippen LogP contribution is -2.22. The van der Waals surface area contributed by atoms with Crippen LogP contribution in [0.15, 0.2) is 71.8 Å². The maximum atomic E-state index is 15.2. The number of aromatic nitrogens is 3. The van der Waals surface area contributed by atoms with Crippen LogP contribution in [0, 0.1) is 18.6 Å². The van der Waals surface area contributed by atoms with Crippen LogP contribution in [0.3, 0.4) is 0 Å². The van der Waals surface area contributed by atoms with Gasteiger partial charge in [0.1, 0.15) is 11.6 Å². The predicted octanol–water partition coefficient (Wildman–Crippen LogP) is 6.14. The molecule has 10 heteroatoms. The van der Waals surface area contributed by atoms with Crippen LogP contribution in [-0.2, 0) is 7.05 Å². The van der Waals surface area contributed by atoms with Gasteiger partial charge in [0.25, 0.3) is 5.56 Å². The van der Waals surface area contributed by atoms with E-state index >= 15 is 4.39 Å². The van der Waals surface area contributed by atoms with Crippen molar-refractivity contribution in [2.75, 3.05) is 19.5 Å². The van der Waals surface area contributed by atoms with E-state index in [1.54, 1.807) is 50.5 Å². The van der Waals surface area contributed by atoms with Gasteiger partial charge in [-0.15, -0.1) is 0 Å². The van der Waals surface area contributed by atoms with Crippen LogP contribution < -0.4 is 25.1 Å². The summed E-state index contributed by atoms with van der Waals surface area (Å²) in [6, 6.07) is 13.6. The molecule has 198 valence electrons. The lowest BCUT2D eigenvalue weighted by molar-refractivity contribution is 0.355. The van der Waals surface area contributed by atoms with Gasteiger partial charge in [-0.3, -0.25) is 14.3 Å². The molecule has 2 heterocycles. The predicted molar refractivity (Wildman–Crippen MR) is 144 cm³/mol. The Morgan fingerprint density at radius 1 is 0.872 bits per heavy atom. The third-order valence-electron chi connectivity index (χ3n) is 6.27. The minimum absolute atomic E-state index is 0.0316. The molecule has 39 heavy (non-hydrogen) atoms. The summed E-state index contributed by atoms with van der Waals surface area (Å²) in [6.07, 6.45) is 2.92. The molecule has 3 aromatic carbocycles. The summed E-state index contributed by atoms with van der Waals surface area (Å²) in [6.45, 7) is 1.74. The van der Waals surface area contributed by atoms with Crippen molar-refractivity contribution in [2.24, 2.45) is 7.05 Å².